The van der Waals surface area contributed by atoms with Gasteiger partial charge in [-0.2, -0.15) is 0 Å². The lowest BCUT2D eigenvalue weighted by Gasteiger charge is -2.33. The zero-order chi connectivity index (χ0) is 12.1. The molecule has 1 heterocycles. The number of hydrogen-bond donors (Lipinski definition) is 2. The summed E-state index contributed by atoms with van der Waals surface area (Å²) in [6, 6.07) is 2.10. The lowest BCUT2D eigenvalue weighted by molar-refractivity contribution is 0.275. The van der Waals surface area contributed by atoms with Crippen molar-refractivity contribution in [3.63, 3.8) is 0 Å². The Balaban J connectivity index is 1.67. The molecule has 0 spiro atoms. The van der Waals surface area contributed by atoms with Crippen LogP contribution in [0.5, 0.6) is 0 Å². The van der Waals surface area contributed by atoms with Gasteiger partial charge in [0, 0.05) is 21.4 Å². The second-order valence-corrected chi connectivity index (χ2v) is 6.90. The summed E-state index contributed by atoms with van der Waals surface area (Å²) in [7, 11) is 0. The summed E-state index contributed by atoms with van der Waals surface area (Å²) >= 11 is 5.35. The first-order valence-corrected chi connectivity index (χ1v) is 8.08. The zero-order valence-electron chi connectivity index (χ0n) is 10.2. The first-order chi connectivity index (χ1) is 8.20. The van der Waals surface area contributed by atoms with Crippen LogP contribution in [0.4, 0.5) is 0 Å². The highest BCUT2D eigenvalue weighted by molar-refractivity contribution is 9.10. The number of nitrogens with two attached hydrogens (primary N) is 1. The van der Waals surface area contributed by atoms with Gasteiger partial charge in [0.15, 0.2) is 0 Å². The zero-order valence-corrected chi connectivity index (χ0v) is 12.6. The van der Waals surface area contributed by atoms with Gasteiger partial charge in [0.1, 0.15) is 0 Å². The van der Waals surface area contributed by atoms with Crippen LogP contribution in [-0.2, 0) is 6.54 Å². The van der Waals surface area contributed by atoms with Crippen molar-refractivity contribution >= 4 is 27.3 Å². The lowest BCUT2D eigenvalue weighted by Crippen LogP contribution is -2.43. The van der Waals surface area contributed by atoms with Gasteiger partial charge in [0.2, 0.25) is 0 Å². The van der Waals surface area contributed by atoms with E-state index in [1.165, 1.54) is 41.5 Å². The standard InChI is InChI=1S/C13H21BrN2S/c14-11-4-9-17-12(11)10-16-8-7-13(15)5-2-1-3-6-13/h4,9,16H,1-3,5-8,10,15H2. The summed E-state index contributed by atoms with van der Waals surface area (Å²) in [4.78, 5) is 1.37. The highest BCUT2D eigenvalue weighted by Gasteiger charge is 2.26. The maximum Gasteiger partial charge on any atom is 0.0327 e. The van der Waals surface area contributed by atoms with E-state index in [0.29, 0.717) is 0 Å². The van der Waals surface area contributed by atoms with E-state index in [1.54, 1.807) is 11.3 Å². The smallest absolute Gasteiger partial charge is 0.0327 e. The first kappa shape index (κ1) is 13.5. The minimum Gasteiger partial charge on any atom is -0.325 e. The van der Waals surface area contributed by atoms with E-state index in [9.17, 15) is 0 Å². The summed E-state index contributed by atoms with van der Waals surface area (Å²) in [6.07, 6.45) is 7.51. The van der Waals surface area contributed by atoms with Crippen LogP contribution in [-0.4, -0.2) is 12.1 Å². The van der Waals surface area contributed by atoms with Gasteiger partial charge in [-0.05, 0) is 53.2 Å². The van der Waals surface area contributed by atoms with Crippen LogP contribution in [0.2, 0.25) is 0 Å². The molecule has 0 bridgehead atoms. The molecular weight excluding hydrogens is 296 g/mol. The van der Waals surface area contributed by atoms with Gasteiger partial charge in [-0.1, -0.05) is 19.3 Å². The SMILES string of the molecule is NC1(CCNCc2sccc2Br)CCCCC1. The van der Waals surface area contributed by atoms with Gasteiger partial charge in [-0.15, -0.1) is 11.3 Å². The largest absolute Gasteiger partial charge is 0.325 e. The van der Waals surface area contributed by atoms with Gasteiger partial charge in [0.05, 0.1) is 0 Å². The second-order valence-electron chi connectivity index (χ2n) is 5.04. The summed E-state index contributed by atoms with van der Waals surface area (Å²) < 4.78 is 1.22. The van der Waals surface area contributed by atoms with Gasteiger partial charge in [0.25, 0.3) is 0 Å². The topological polar surface area (TPSA) is 38.0 Å². The summed E-state index contributed by atoms with van der Waals surface area (Å²) in [5.74, 6) is 0. The molecule has 0 aliphatic heterocycles. The summed E-state index contributed by atoms with van der Waals surface area (Å²) in [6.45, 7) is 1.98. The van der Waals surface area contributed by atoms with Crippen molar-refractivity contribution in [2.45, 2.75) is 50.6 Å². The fraction of sp³-hybridized carbons (Fsp3) is 0.692. The molecular formula is C13H21BrN2S. The van der Waals surface area contributed by atoms with E-state index in [1.807, 2.05) is 0 Å². The Kier molecular flexibility index (Phi) is 5.03. The van der Waals surface area contributed by atoms with Gasteiger partial charge < -0.3 is 11.1 Å². The average Bonchev–Trinajstić information content (AvgIpc) is 2.72. The number of halogens is 1. The third-order valence-electron chi connectivity index (χ3n) is 3.63. The van der Waals surface area contributed by atoms with Crippen LogP contribution in [0.3, 0.4) is 0 Å². The number of hydrogen-bond acceptors (Lipinski definition) is 3. The maximum absolute atomic E-state index is 6.40. The molecule has 3 N–H and O–H groups in total. The average molecular weight is 317 g/mol. The molecule has 1 fully saturated rings. The van der Waals surface area contributed by atoms with Crippen molar-refractivity contribution in [2.24, 2.45) is 5.73 Å². The molecule has 1 aromatic rings. The molecule has 1 aliphatic rings. The third kappa shape index (κ3) is 4.05. The van der Waals surface area contributed by atoms with E-state index >= 15 is 0 Å². The van der Waals surface area contributed by atoms with E-state index < -0.39 is 0 Å². The molecule has 0 atom stereocenters. The predicted octanol–water partition coefficient (Wildman–Crippen LogP) is 3.65. The molecule has 2 nitrogen and oxygen atoms in total. The fourth-order valence-corrected chi connectivity index (χ4v) is 3.96. The monoisotopic (exact) mass is 316 g/mol. The predicted molar refractivity (Wildman–Crippen MR) is 78.3 cm³/mol. The molecule has 96 valence electrons. The minimum atomic E-state index is 0.109. The quantitative estimate of drug-likeness (QED) is 0.814. The molecule has 1 aliphatic carbocycles. The van der Waals surface area contributed by atoms with Crippen molar-refractivity contribution in [3.05, 3.63) is 20.8 Å². The van der Waals surface area contributed by atoms with Crippen LogP contribution in [0.1, 0.15) is 43.4 Å². The van der Waals surface area contributed by atoms with E-state index in [-0.39, 0.29) is 5.54 Å². The van der Waals surface area contributed by atoms with Crippen molar-refractivity contribution < 1.29 is 0 Å². The molecule has 4 heteroatoms. The van der Waals surface area contributed by atoms with Gasteiger partial charge in [-0.3, -0.25) is 0 Å². The van der Waals surface area contributed by atoms with Gasteiger partial charge in [-0.25, -0.2) is 0 Å². The van der Waals surface area contributed by atoms with Crippen molar-refractivity contribution in [1.29, 1.82) is 0 Å². The second kappa shape index (κ2) is 6.32. The van der Waals surface area contributed by atoms with E-state index in [2.05, 4.69) is 32.7 Å². The van der Waals surface area contributed by atoms with Crippen LogP contribution in [0.15, 0.2) is 15.9 Å². The summed E-state index contributed by atoms with van der Waals surface area (Å²) in [5.41, 5.74) is 6.51. The Hall–Kier alpha value is 0.100. The Morgan fingerprint density at radius 3 is 2.76 bits per heavy atom. The van der Waals surface area contributed by atoms with Crippen molar-refractivity contribution in [3.8, 4) is 0 Å². The molecule has 0 saturated heterocycles. The highest BCUT2D eigenvalue weighted by Crippen LogP contribution is 2.28. The minimum absolute atomic E-state index is 0.109. The van der Waals surface area contributed by atoms with Crippen LogP contribution in [0, 0.1) is 0 Å². The number of thiophene rings is 1. The summed E-state index contributed by atoms with van der Waals surface area (Å²) in [5, 5.41) is 5.62. The number of nitrogens with one attached hydrogen (secondary N) is 1. The van der Waals surface area contributed by atoms with Crippen molar-refractivity contribution in [1.82, 2.24) is 5.32 Å². The highest BCUT2D eigenvalue weighted by atomic mass is 79.9. The van der Waals surface area contributed by atoms with Crippen LogP contribution >= 0.6 is 27.3 Å². The van der Waals surface area contributed by atoms with E-state index in [4.69, 9.17) is 5.73 Å². The van der Waals surface area contributed by atoms with E-state index in [0.717, 1.165) is 19.5 Å². The first-order valence-electron chi connectivity index (χ1n) is 6.41. The maximum atomic E-state index is 6.40. The van der Waals surface area contributed by atoms with Gasteiger partial charge >= 0.3 is 0 Å². The molecule has 0 aromatic carbocycles. The lowest BCUT2D eigenvalue weighted by atomic mass is 9.80. The molecule has 17 heavy (non-hydrogen) atoms. The molecule has 0 radical (unpaired) electrons. The third-order valence-corrected chi connectivity index (χ3v) is 5.55. The fourth-order valence-electron chi connectivity index (χ4n) is 2.50. The Morgan fingerprint density at radius 1 is 1.35 bits per heavy atom. The normalized spacial score (nSPS) is 19.4. The number of rotatable bonds is 5. The van der Waals surface area contributed by atoms with Crippen molar-refractivity contribution in [2.75, 3.05) is 6.54 Å². The Labute approximate surface area is 116 Å². The molecule has 2 rings (SSSR count). The molecule has 1 aromatic heterocycles. The Bertz CT molecular complexity index is 345. The Morgan fingerprint density at radius 2 is 2.12 bits per heavy atom. The molecule has 0 unspecified atom stereocenters. The molecule has 0 amide bonds. The van der Waals surface area contributed by atoms with Crippen LogP contribution < -0.4 is 11.1 Å². The molecule has 1 saturated carbocycles. The van der Waals surface area contributed by atoms with Crippen LogP contribution in [0.25, 0.3) is 0 Å².